The fourth-order valence-electron chi connectivity index (χ4n) is 3.20. The van der Waals surface area contributed by atoms with Gasteiger partial charge < -0.3 is 10.1 Å². The molecule has 1 aliphatic carbocycles. The molecular weight excluding hydrogens is 210 g/mol. The predicted molar refractivity (Wildman–Crippen MR) is 69.2 cm³/mol. The lowest BCUT2D eigenvalue weighted by Gasteiger charge is -2.30. The van der Waals surface area contributed by atoms with E-state index >= 15 is 0 Å². The zero-order valence-electron chi connectivity index (χ0n) is 10.5. The van der Waals surface area contributed by atoms with E-state index in [2.05, 4.69) is 29.6 Å². The third-order valence-corrected chi connectivity index (χ3v) is 4.12. The maximum atomic E-state index is 5.62. The van der Waals surface area contributed by atoms with Crippen molar-refractivity contribution in [2.45, 2.75) is 38.1 Å². The zero-order chi connectivity index (χ0) is 11.7. The SMILES string of the molecule is CCOc1cccc(C2(C3CC3)CCCN2)c1. The first kappa shape index (κ1) is 11.1. The van der Waals surface area contributed by atoms with Gasteiger partial charge in [-0.15, -0.1) is 0 Å². The van der Waals surface area contributed by atoms with E-state index in [9.17, 15) is 0 Å². The Morgan fingerprint density at radius 3 is 2.94 bits per heavy atom. The van der Waals surface area contributed by atoms with Gasteiger partial charge in [-0.3, -0.25) is 0 Å². The molecule has 0 spiro atoms. The van der Waals surface area contributed by atoms with Crippen LogP contribution in [0.15, 0.2) is 24.3 Å². The smallest absolute Gasteiger partial charge is 0.119 e. The minimum Gasteiger partial charge on any atom is -0.494 e. The molecule has 1 N–H and O–H groups in total. The van der Waals surface area contributed by atoms with E-state index in [-0.39, 0.29) is 5.54 Å². The van der Waals surface area contributed by atoms with Crippen LogP contribution in [0.25, 0.3) is 0 Å². The Kier molecular flexibility index (Phi) is 2.83. The summed E-state index contributed by atoms with van der Waals surface area (Å²) < 4.78 is 5.62. The van der Waals surface area contributed by atoms with Gasteiger partial charge in [-0.1, -0.05) is 12.1 Å². The lowest BCUT2D eigenvalue weighted by molar-refractivity contribution is 0.323. The van der Waals surface area contributed by atoms with Gasteiger partial charge in [0.25, 0.3) is 0 Å². The van der Waals surface area contributed by atoms with E-state index in [4.69, 9.17) is 4.74 Å². The maximum Gasteiger partial charge on any atom is 0.119 e. The van der Waals surface area contributed by atoms with Crippen LogP contribution in [0.2, 0.25) is 0 Å². The topological polar surface area (TPSA) is 21.3 Å². The standard InChI is InChI=1S/C15H21NO/c1-2-17-14-6-3-5-13(11-14)15(12-7-8-12)9-4-10-16-15/h3,5-6,11-12,16H,2,4,7-10H2,1H3. The lowest BCUT2D eigenvalue weighted by Crippen LogP contribution is -2.38. The molecule has 2 heteroatoms. The van der Waals surface area contributed by atoms with Crippen molar-refractivity contribution in [1.29, 1.82) is 0 Å². The predicted octanol–water partition coefficient (Wildman–Crippen LogP) is 3.07. The molecular formula is C15H21NO. The molecule has 17 heavy (non-hydrogen) atoms. The van der Waals surface area contributed by atoms with Gasteiger partial charge in [0.2, 0.25) is 0 Å². The lowest BCUT2D eigenvalue weighted by atomic mass is 9.83. The number of hydrogen-bond donors (Lipinski definition) is 1. The molecule has 1 aromatic carbocycles. The fraction of sp³-hybridized carbons (Fsp3) is 0.600. The molecule has 0 radical (unpaired) electrons. The van der Waals surface area contributed by atoms with Crippen molar-refractivity contribution in [1.82, 2.24) is 5.32 Å². The normalized spacial score (nSPS) is 28.3. The Morgan fingerprint density at radius 1 is 1.41 bits per heavy atom. The monoisotopic (exact) mass is 231 g/mol. The third kappa shape index (κ3) is 1.95. The van der Waals surface area contributed by atoms with Crippen molar-refractivity contribution in [2.24, 2.45) is 5.92 Å². The summed E-state index contributed by atoms with van der Waals surface area (Å²) in [5.74, 6) is 1.86. The van der Waals surface area contributed by atoms with Crippen LogP contribution >= 0.6 is 0 Å². The van der Waals surface area contributed by atoms with Crippen molar-refractivity contribution in [3.8, 4) is 5.75 Å². The van der Waals surface area contributed by atoms with Crippen LogP contribution in [-0.4, -0.2) is 13.2 Å². The minimum atomic E-state index is 0.257. The highest BCUT2D eigenvalue weighted by molar-refractivity contribution is 5.35. The van der Waals surface area contributed by atoms with Gasteiger partial charge in [-0.05, 0) is 62.8 Å². The second-order valence-electron chi connectivity index (χ2n) is 5.24. The molecule has 0 bridgehead atoms. The molecule has 2 fully saturated rings. The van der Waals surface area contributed by atoms with E-state index in [0.717, 1.165) is 24.8 Å². The Hall–Kier alpha value is -1.02. The van der Waals surface area contributed by atoms with E-state index in [1.165, 1.54) is 31.2 Å². The van der Waals surface area contributed by atoms with Gasteiger partial charge in [-0.25, -0.2) is 0 Å². The minimum absolute atomic E-state index is 0.257. The molecule has 0 aromatic heterocycles. The highest BCUT2D eigenvalue weighted by Crippen LogP contribution is 2.50. The molecule has 1 aromatic rings. The van der Waals surface area contributed by atoms with Crippen molar-refractivity contribution in [2.75, 3.05) is 13.2 Å². The molecule has 1 atom stereocenters. The average molecular weight is 231 g/mol. The highest BCUT2D eigenvalue weighted by Gasteiger charge is 2.47. The first-order chi connectivity index (χ1) is 8.35. The molecule has 2 nitrogen and oxygen atoms in total. The fourth-order valence-corrected chi connectivity index (χ4v) is 3.20. The summed E-state index contributed by atoms with van der Waals surface area (Å²) in [6, 6.07) is 8.69. The molecule has 1 unspecified atom stereocenters. The summed E-state index contributed by atoms with van der Waals surface area (Å²) in [5, 5.41) is 3.76. The van der Waals surface area contributed by atoms with Crippen molar-refractivity contribution in [3.63, 3.8) is 0 Å². The van der Waals surface area contributed by atoms with E-state index in [1.807, 2.05) is 6.92 Å². The Morgan fingerprint density at radius 2 is 2.29 bits per heavy atom. The number of benzene rings is 1. The average Bonchev–Trinajstić information content (AvgIpc) is 3.09. The molecule has 3 rings (SSSR count). The summed E-state index contributed by atoms with van der Waals surface area (Å²) in [7, 11) is 0. The number of ether oxygens (including phenoxy) is 1. The van der Waals surface area contributed by atoms with Gasteiger partial charge in [-0.2, -0.15) is 0 Å². The van der Waals surface area contributed by atoms with Crippen molar-refractivity contribution < 1.29 is 4.74 Å². The van der Waals surface area contributed by atoms with Crippen LogP contribution in [0.4, 0.5) is 0 Å². The van der Waals surface area contributed by atoms with Gasteiger partial charge in [0.1, 0.15) is 5.75 Å². The Labute approximate surface area is 103 Å². The molecule has 1 heterocycles. The Balaban J connectivity index is 1.92. The van der Waals surface area contributed by atoms with Crippen LogP contribution in [0.5, 0.6) is 5.75 Å². The summed E-state index contributed by atoms with van der Waals surface area (Å²) in [6.07, 6.45) is 5.35. The van der Waals surface area contributed by atoms with Gasteiger partial charge >= 0.3 is 0 Å². The van der Waals surface area contributed by atoms with Gasteiger partial charge in [0, 0.05) is 5.54 Å². The molecule has 2 aliphatic rings. The zero-order valence-corrected chi connectivity index (χ0v) is 10.5. The van der Waals surface area contributed by atoms with Crippen LogP contribution in [0.1, 0.15) is 38.2 Å². The Bertz CT molecular complexity index is 392. The third-order valence-electron chi connectivity index (χ3n) is 4.12. The molecule has 0 amide bonds. The summed E-state index contributed by atoms with van der Waals surface area (Å²) in [5.41, 5.74) is 1.69. The van der Waals surface area contributed by atoms with Crippen LogP contribution in [-0.2, 0) is 5.54 Å². The number of rotatable bonds is 4. The molecule has 1 aliphatic heterocycles. The van der Waals surface area contributed by atoms with E-state index in [1.54, 1.807) is 0 Å². The second-order valence-corrected chi connectivity index (χ2v) is 5.24. The maximum absolute atomic E-state index is 5.62. The van der Waals surface area contributed by atoms with Gasteiger partial charge in [0.15, 0.2) is 0 Å². The second kappa shape index (κ2) is 4.34. The first-order valence-corrected chi connectivity index (χ1v) is 6.83. The van der Waals surface area contributed by atoms with E-state index < -0.39 is 0 Å². The summed E-state index contributed by atoms with van der Waals surface area (Å²) >= 11 is 0. The highest BCUT2D eigenvalue weighted by atomic mass is 16.5. The summed E-state index contributed by atoms with van der Waals surface area (Å²) in [6.45, 7) is 3.94. The number of hydrogen-bond acceptors (Lipinski definition) is 2. The van der Waals surface area contributed by atoms with Crippen molar-refractivity contribution >= 4 is 0 Å². The van der Waals surface area contributed by atoms with Gasteiger partial charge in [0.05, 0.1) is 6.61 Å². The largest absolute Gasteiger partial charge is 0.494 e. The van der Waals surface area contributed by atoms with Crippen LogP contribution in [0, 0.1) is 5.92 Å². The summed E-state index contributed by atoms with van der Waals surface area (Å²) in [4.78, 5) is 0. The molecule has 1 saturated carbocycles. The van der Waals surface area contributed by atoms with E-state index in [0.29, 0.717) is 0 Å². The first-order valence-electron chi connectivity index (χ1n) is 6.83. The van der Waals surface area contributed by atoms with Crippen molar-refractivity contribution in [3.05, 3.63) is 29.8 Å². The number of nitrogens with one attached hydrogen (secondary N) is 1. The van der Waals surface area contributed by atoms with Crippen LogP contribution < -0.4 is 10.1 Å². The molecule has 92 valence electrons. The quantitative estimate of drug-likeness (QED) is 0.860. The molecule has 1 saturated heterocycles. The van der Waals surface area contributed by atoms with Crippen LogP contribution in [0.3, 0.4) is 0 Å².